The summed E-state index contributed by atoms with van der Waals surface area (Å²) in [6.07, 6.45) is 4.14. The van der Waals surface area contributed by atoms with E-state index >= 15 is 0 Å². The van der Waals surface area contributed by atoms with Crippen LogP contribution in [0.4, 0.5) is 5.82 Å². The molecule has 3 N–H and O–H groups in total. The summed E-state index contributed by atoms with van der Waals surface area (Å²) in [5.74, 6) is 1.46. The van der Waals surface area contributed by atoms with Gasteiger partial charge in [0.15, 0.2) is 11.6 Å². The van der Waals surface area contributed by atoms with Crippen LogP contribution in [0.25, 0.3) is 15.8 Å². The summed E-state index contributed by atoms with van der Waals surface area (Å²) in [5, 5.41) is 3.51. The summed E-state index contributed by atoms with van der Waals surface area (Å²) in [6, 6.07) is 2.42. The zero-order valence-corrected chi connectivity index (χ0v) is 23.2. The fourth-order valence-electron chi connectivity index (χ4n) is 5.64. The molecule has 11 heteroatoms. The molecular formula is C27H36N8O2S. The number of hydrogen-bond donors (Lipinski definition) is 2. The van der Waals surface area contributed by atoms with E-state index in [9.17, 15) is 4.79 Å². The Labute approximate surface area is 227 Å². The van der Waals surface area contributed by atoms with E-state index < -0.39 is 5.54 Å². The maximum atomic E-state index is 11.9. The lowest BCUT2D eigenvalue weighted by Crippen LogP contribution is -2.59. The number of primary amides is 1. The predicted molar refractivity (Wildman–Crippen MR) is 152 cm³/mol. The number of amides is 1. The van der Waals surface area contributed by atoms with Crippen molar-refractivity contribution in [1.29, 1.82) is 0 Å². The Balaban J connectivity index is 1.30. The van der Waals surface area contributed by atoms with Gasteiger partial charge in [0.25, 0.3) is 0 Å². The largest absolute Gasteiger partial charge is 0.380 e. The summed E-state index contributed by atoms with van der Waals surface area (Å²) >= 11 is 1.79. The summed E-state index contributed by atoms with van der Waals surface area (Å²) < 4.78 is 6.76. The van der Waals surface area contributed by atoms with Crippen LogP contribution in [-0.2, 0) is 16.1 Å². The average molecular weight is 537 g/mol. The van der Waals surface area contributed by atoms with Crippen molar-refractivity contribution in [2.45, 2.75) is 38.9 Å². The quantitative estimate of drug-likeness (QED) is 0.573. The molecule has 2 aromatic rings. The van der Waals surface area contributed by atoms with Gasteiger partial charge in [0.2, 0.25) is 5.91 Å². The minimum atomic E-state index is -0.623. The number of morpholine rings is 1. The Morgan fingerprint density at radius 3 is 2.68 bits per heavy atom. The van der Waals surface area contributed by atoms with Crippen LogP contribution in [0.5, 0.6) is 0 Å². The molecule has 2 saturated heterocycles. The molecule has 2 aromatic heterocycles. The highest BCUT2D eigenvalue weighted by Gasteiger charge is 2.35. The Morgan fingerprint density at radius 1 is 1.18 bits per heavy atom. The molecule has 2 fully saturated rings. The van der Waals surface area contributed by atoms with Crippen LogP contribution < -0.4 is 16.0 Å². The van der Waals surface area contributed by atoms with Crippen molar-refractivity contribution in [3.63, 3.8) is 0 Å². The van der Waals surface area contributed by atoms with Crippen LogP contribution in [-0.4, -0.2) is 102 Å². The third kappa shape index (κ3) is 4.72. The van der Waals surface area contributed by atoms with Crippen LogP contribution in [0, 0.1) is 0 Å². The van der Waals surface area contributed by atoms with Crippen molar-refractivity contribution in [2.24, 2.45) is 10.7 Å². The first kappa shape index (κ1) is 25.4. The van der Waals surface area contributed by atoms with Crippen molar-refractivity contribution >= 4 is 45.1 Å². The number of carbonyl (C=O) groups excluding carboxylic acids is 1. The van der Waals surface area contributed by atoms with Crippen molar-refractivity contribution in [3.8, 4) is 0 Å². The molecule has 1 unspecified atom stereocenters. The molecule has 10 nitrogen and oxygen atoms in total. The highest BCUT2D eigenvalue weighted by atomic mass is 32.1. The van der Waals surface area contributed by atoms with Gasteiger partial charge in [-0.3, -0.25) is 19.6 Å². The minimum absolute atomic E-state index is 0.192. The molecule has 38 heavy (non-hydrogen) atoms. The molecule has 0 bridgehead atoms. The number of ether oxygens (including phenoxy) is 1. The van der Waals surface area contributed by atoms with Crippen LogP contribution >= 0.6 is 11.3 Å². The molecule has 6 heterocycles. The first-order valence-electron chi connectivity index (χ1n) is 13.4. The molecule has 0 saturated carbocycles. The van der Waals surface area contributed by atoms with Crippen molar-refractivity contribution in [1.82, 2.24) is 25.1 Å². The van der Waals surface area contributed by atoms with Crippen LogP contribution in [0.1, 0.15) is 31.5 Å². The molecule has 1 atom stereocenters. The second-order valence-electron chi connectivity index (χ2n) is 11.0. The monoisotopic (exact) mass is 536 g/mol. The number of aromatic nitrogens is 2. The van der Waals surface area contributed by atoms with Gasteiger partial charge >= 0.3 is 0 Å². The maximum absolute atomic E-state index is 11.9. The molecule has 0 spiro atoms. The van der Waals surface area contributed by atoms with E-state index in [1.165, 1.54) is 10.5 Å². The first-order chi connectivity index (χ1) is 18.3. The molecule has 4 aliphatic rings. The normalized spacial score (nSPS) is 23.1. The van der Waals surface area contributed by atoms with Gasteiger partial charge in [-0.2, -0.15) is 0 Å². The van der Waals surface area contributed by atoms with Crippen LogP contribution in [0.15, 0.2) is 28.4 Å². The van der Waals surface area contributed by atoms with Crippen LogP contribution in [0.3, 0.4) is 0 Å². The molecule has 4 aliphatic heterocycles. The number of dihydropyridines is 1. The Kier molecular flexibility index (Phi) is 6.71. The molecule has 202 valence electrons. The van der Waals surface area contributed by atoms with E-state index in [4.69, 9.17) is 20.4 Å². The van der Waals surface area contributed by atoms with E-state index in [2.05, 4.69) is 44.1 Å². The topological polar surface area (TPSA) is 112 Å². The number of piperazine rings is 1. The molecule has 6 rings (SSSR count). The third-order valence-electron chi connectivity index (χ3n) is 8.07. The number of fused-ring (bicyclic) bond motifs is 2. The average Bonchev–Trinajstić information content (AvgIpc) is 3.50. The summed E-state index contributed by atoms with van der Waals surface area (Å²) in [4.78, 5) is 35.0. The highest BCUT2D eigenvalue weighted by molar-refractivity contribution is 7.19. The Bertz CT molecular complexity index is 1330. The molecule has 0 aliphatic carbocycles. The lowest BCUT2D eigenvalue weighted by molar-refractivity contribution is -0.129. The lowest BCUT2D eigenvalue weighted by atomic mass is 10.00. The van der Waals surface area contributed by atoms with E-state index in [-0.39, 0.29) is 11.9 Å². The number of nitrogens with two attached hydrogens (primary N) is 1. The summed E-state index contributed by atoms with van der Waals surface area (Å²) in [6.45, 7) is 14.0. The van der Waals surface area contributed by atoms with Crippen molar-refractivity contribution in [2.75, 3.05) is 63.9 Å². The SMILES string of the molecule is CC1=CC2=C(c3nc(N4CCOCC4)c4sc(CN5CCN(C(C)(C)C(N)=O)CC5)cc4n3)C=NCC2N1. The van der Waals surface area contributed by atoms with Gasteiger partial charge in [0, 0.05) is 68.2 Å². The molecule has 1 amide bonds. The fraction of sp³-hybridized carbons (Fsp3) is 0.556. The predicted octanol–water partition coefficient (Wildman–Crippen LogP) is 1.62. The lowest BCUT2D eigenvalue weighted by Gasteiger charge is -2.42. The minimum Gasteiger partial charge on any atom is -0.380 e. The standard InChI is InChI=1S/C27H36N8O2S/c1-17-12-19-20(14-29-15-22(19)30-17)24-31-21-13-18(38-23(21)25(32-24)34-8-10-37-11-9-34)16-33-4-6-35(7-5-33)27(2,3)26(28)36/h12-14,22,30H,4-11,15-16H2,1-3H3,(H2,28,36). The highest BCUT2D eigenvalue weighted by Crippen LogP contribution is 2.36. The first-order valence-corrected chi connectivity index (χ1v) is 14.2. The van der Waals surface area contributed by atoms with Gasteiger partial charge in [0.1, 0.15) is 0 Å². The zero-order chi connectivity index (χ0) is 26.4. The maximum Gasteiger partial charge on any atom is 0.237 e. The summed E-state index contributed by atoms with van der Waals surface area (Å²) in [5.41, 5.74) is 9.38. The molecule has 0 aromatic carbocycles. The van der Waals surface area contributed by atoms with Crippen LogP contribution in [0.2, 0.25) is 0 Å². The molecular weight excluding hydrogens is 500 g/mol. The number of carbonyl (C=O) groups is 1. The number of rotatable bonds is 6. The second-order valence-corrected chi connectivity index (χ2v) is 12.1. The smallest absolute Gasteiger partial charge is 0.237 e. The van der Waals surface area contributed by atoms with E-state index in [0.29, 0.717) is 13.2 Å². The van der Waals surface area contributed by atoms with E-state index in [1.807, 2.05) is 20.1 Å². The Hall–Kier alpha value is -2.86. The van der Waals surface area contributed by atoms with Gasteiger partial charge in [-0.05, 0) is 38.5 Å². The van der Waals surface area contributed by atoms with Crippen molar-refractivity contribution < 1.29 is 9.53 Å². The third-order valence-corrected chi connectivity index (χ3v) is 9.18. The number of anilines is 1. The Morgan fingerprint density at radius 2 is 1.95 bits per heavy atom. The van der Waals surface area contributed by atoms with Gasteiger partial charge in [-0.25, -0.2) is 9.97 Å². The van der Waals surface area contributed by atoms with E-state index in [0.717, 1.165) is 85.5 Å². The summed E-state index contributed by atoms with van der Waals surface area (Å²) in [7, 11) is 0. The zero-order valence-electron chi connectivity index (χ0n) is 22.4. The fourth-order valence-corrected chi connectivity index (χ4v) is 6.80. The number of nitrogens with one attached hydrogen (secondary N) is 1. The number of nitrogens with zero attached hydrogens (tertiary/aromatic N) is 6. The van der Waals surface area contributed by atoms with Gasteiger partial charge in [-0.15, -0.1) is 11.3 Å². The van der Waals surface area contributed by atoms with Gasteiger partial charge < -0.3 is 20.7 Å². The number of thiophene rings is 1. The van der Waals surface area contributed by atoms with Gasteiger partial charge in [0.05, 0.1) is 41.6 Å². The number of allylic oxidation sites excluding steroid dienone is 2. The molecule has 0 radical (unpaired) electrons. The second kappa shape index (κ2) is 10.0. The number of aliphatic imine (C=N–C) groups is 1. The number of hydrogen-bond acceptors (Lipinski definition) is 10. The van der Waals surface area contributed by atoms with Gasteiger partial charge in [-0.1, -0.05) is 0 Å². The van der Waals surface area contributed by atoms with E-state index in [1.54, 1.807) is 11.3 Å². The van der Waals surface area contributed by atoms with Crippen molar-refractivity contribution in [3.05, 3.63) is 34.1 Å².